The van der Waals surface area contributed by atoms with Crippen molar-refractivity contribution in [3.8, 4) is 0 Å². The molecule has 1 amide bonds. The molecule has 2 aliphatic rings. The van der Waals surface area contributed by atoms with Crippen LogP contribution in [-0.4, -0.2) is 49.0 Å². The van der Waals surface area contributed by atoms with E-state index in [1.54, 1.807) is 10.9 Å². The summed E-state index contributed by atoms with van der Waals surface area (Å²) >= 11 is 0. The highest BCUT2D eigenvalue weighted by molar-refractivity contribution is 5.92. The van der Waals surface area contributed by atoms with E-state index in [-0.39, 0.29) is 11.3 Å². The van der Waals surface area contributed by atoms with Gasteiger partial charge in [0, 0.05) is 19.6 Å². The zero-order chi connectivity index (χ0) is 16.0. The third-order valence-corrected chi connectivity index (χ3v) is 5.25. The largest absolute Gasteiger partial charge is 0.339 e. The number of carbonyl (C=O) groups is 1. The van der Waals surface area contributed by atoms with Gasteiger partial charge in [-0.15, -0.1) is 5.10 Å². The summed E-state index contributed by atoms with van der Waals surface area (Å²) in [7, 11) is 0. The fourth-order valence-electron chi connectivity index (χ4n) is 4.11. The zero-order valence-electron chi connectivity index (χ0n) is 13.4. The number of likely N-dealkylation sites (tertiary alicyclic amines) is 1. The Balaban J connectivity index is 1.63. The van der Waals surface area contributed by atoms with Gasteiger partial charge in [0.05, 0.1) is 11.6 Å². The molecule has 1 saturated heterocycles. The number of rotatable bonds is 3. The number of aromatic nitrogens is 5. The van der Waals surface area contributed by atoms with Gasteiger partial charge in [-0.05, 0) is 32.6 Å². The molecule has 0 aromatic carbocycles. The molecule has 2 fully saturated rings. The van der Waals surface area contributed by atoms with E-state index >= 15 is 0 Å². The van der Waals surface area contributed by atoms with Crippen molar-refractivity contribution in [1.29, 1.82) is 0 Å². The fourth-order valence-corrected chi connectivity index (χ4v) is 4.11. The topological polar surface area (TPSA) is 89.9 Å². The summed E-state index contributed by atoms with van der Waals surface area (Å²) < 4.78 is 7.13. The van der Waals surface area contributed by atoms with Crippen molar-refractivity contribution in [1.82, 2.24) is 30.0 Å². The monoisotopic (exact) mass is 316 g/mol. The average molecular weight is 316 g/mol. The minimum absolute atomic E-state index is 0.0122. The molecule has 122 valence electrons. The first kappa shape index (κ1) is 14.3. The quantitative estimate of drug-likeness (QED) is 0.844. The molecule has 2 atom stereocenters. The number of amides is 1. The lowest BCUT2D eigenvalue weighted by molar-refractivity contribution is 0.0762. The predicted octanol–water partition coefficient (Wildman–Crippen LogP) is 1.18. The van der Waals surface area contributed by atoms with Gasteiger partial charge in [-0.25, -0.2) is 4.68 Å². The maximum atomic E-state index is 12.9. The Morgan fingerprint density at radius 1 is 1.52 bits per heavy atom. The van der Waals surface area contributed by atoms with Crippen LogP contribution in [0.1, 0.15) is 48.4 Å². The van der Waals surface area contributed by atoms with Gasteiger partial charge in [-0.2, -0.15) is 4.98 Å². The smallest absolute Gasteiger partial charge is 0.273 e. The lowest BCUT2D eigenvalue weighted by atomic mass is 9.80. The van der Waals surface area contributed by atoms with Gasteiger partial charge in [-0.3, -0.25) is 4.79 Å². The van der Waals surface area contributed by atoms with Crippen molar-refractivity contribution in [2.75, 3.05) is 13.1 Å². The van der Waals surface area contributed by atoms with Gasteiger partial charge < -0.3 is 9.42 Å². The number of hydrogen-bond acceptors (Lipinski definition) is 6. The minimum Gasteiger partial charge on any atom is -0.339 e. The Morgan fingerprint density at radius 2 is 2.39 bits per heavy atom. The van der Waals surface area contributed by atoms with E-state index < -0.39 is 0 Å². The summed E-state index contributed by atoms with van der Waals surface area (Å²) in [4.78, 5) is 19.2. The van der Waals surface area contributed by atoms with Crippen LogP contribution in [0.5, 0.6) is 0 Å². The van der Waals surface area contributed by atoms with Crippen LogP contribution in [-0.2, 0) is 12.0 Å². The number of hydrogen-bond donors (Lipinski definition) is 0. The minimum atomic E-state index is -0.179. The lowest BCUT2D eigenvalue weighted by Crippen LogP contribution is -2.35. The highest BCUT2D eigenvalue weighted by Crippen LogP contribution is 2.50. The van der Waals surface area contributed by atoms with Crippen molar-refractivity contribution >= 4 is 5.91 Å². The van der Waals surface area contributed by atoms with Crippen LogP contribution in [0.4, 0.5) is 0 Å². The molecule has 8 nitrogen and oxygen atoms in total. The summed E-state index contributed by atoms with van der Waals surface area (Å²) in [5.74, 6) is 1.71. The molecular weight excluding hydrogens is 296 g/mol. The Labute approximate surface area is 133 Å². The van der Waals surface area contributed by atoms with Gasteiger partial charge in [0.15, 0.2) is 5.82 Å². The van der Waals surface area contributed by atoms with Gasteiger partial charge in [0.2, 0.25) is 5.89 Å². The predicted molar refractivity (Wildman–Crippen MR) is 79.7 cm³/mol. The zero-order valence-corrected chi connectivity index (χ0v) is 13.4. The number of nitrogens with zero attached hydrogens (tertiary/aromatic N) is 6. The molecule has 0 radical (unpaired) electrons. The maximum Gasteiger partial charge on any atom is 0.273 e. The Hall–Kier alpha value is -2.25. The Bertz CT molecular complexity index is 738. The highest BCUT2D eigenvalue weighted by Gasteiger charge is 2.55. The van der Waals surface area contributed by atoms with E-state index in [0.29, 0.717) is 36.4 Å². The van der Waals surface area contributed by atoms with Crippen molar-refractivity contribution in [2.24, 2.45) is 5.92 Å². The third kappa shape index (κ3) is 2.08. The van der Waals surface area contributed by atoms with Crippen molar-refractivity contribution in [3.63, 3.8) is 0 Å². The van der Waals surface area contributed by atoms with Crippen LogP contribution in [0.15, 0.2) is 10.7 Å². The fraction of sp³-hybridized carbons (Fsp3) is 0.667. The van der Waals surface area contributed by atoms with Crippen LogP contribution < -0.4 is 0 Å². The first-order valence-electron chi connectivity index (χ1n) is 8.12. The van der Waals surface area contributed by atoms with Crippen LogP contribution >= 0.6 is 0 Å². The van der Waals surface area contributed by atoms with E-state index in [9.17, 15) is 4.79 Å². The highest BCUT2D eigenvalue weighted by atomic mass is 16.5. The maximum absolute atomic E-state index is 12.9. The summed E-state index contributed by atoms with van der Waals surface area (Å²) in [6.45, 7) is 5.78. The van der Waals surface area contributed by atoms with E-state index in [4.69, 9.17) is 4.52 Å². The molecule has 8 heteroatoms. The van der Waals surface area contributed by atoms with E-state index in [0.717, 1.165) is 25.8 Å². The standard InChI is InChI=1S/C15H20N6O2/c1-3-21-12(7-16-19-21)13(22)20-8-11-5-4-6-15(11,9-20)14-17-10(2)18-23-14/h7,11H,3-6,8-9H2,1-2H3/t11-,15-/m0/s1. The van der Waals surface area contributed by atoms with E-state index in [2.05, 4.69) is 20.5 Å². The second kappa shape index (κ2) is 5.14. The molecule has 0 N–H and O–H groups in total. The first-order valence-corrected chi connectivity index (χ1v) is 8.12. The molecular formula is C15H20N6O2. The van der Waals surface area contributed by atoms with Crippen molar-refractivity contribution in [3.05, 3.63) is 23.6 Å². The third-order valence-electron chi connectivity index (χ3n) is 5.25. The van der Waals surface area contributed by atoms with Crippen LogP contribution in [0, 0.1) is 12.8 Å². The van der Waals surface area contributed by atoms with E-state index in [1.807, 2.05) is 18.7 Å². The second-order valence-corrected chi connectivity index (χ2v) is 6.51. The van der Waals surface area contributed by atoms with Gasteiger partial charge >= 0.3 is 0 Å². The molecule has 1 saturated carbocycles. The molecule has 0 bridgehead atoms. The number of fused-ring (bicyclic) bond motifs is 1. The molecule has 23 heavy (non-hydrogen) atoms. The average Bonchev–Trinajstić information content (AvgIpc) is 3.28. The normalized spacial score (nSPS) is 26.7. The molecule has 4 rings (SSSR count). The summed E-state index contributed by atoms with van der Waals surface area (Å²) in [6.07, 6.45) is 4.77. The summed E-state index contributed by atoms with van der Waals surface area (Å²) in [5, 5.41) is 11.8. The SMILES string of the molecule is CCn1nncc1C(=O)N1C[C@@H]2CCC[C@]2(c2nc(C)no2)C1. The van der Waals surface area contributed by atoms with Gasteiger partial charge in [0.1, 0.15) is 5.69 Å². The van der Waals surface area contributed by atoms with Crippen LogP contribution in [0.3, 0.4) is 0 Å². The molecule has 0 unspecified atom stereocenters. The molecule has 1 aliphatic carbocycles. The molecule has 0 spiro atoms. The Morgan fingerprint density at radius 3 is 3.13 bits per heavy atom. The van der Waals surface area contributed by atoms with Crippen LogP contribution in [0.2, 0.25) is 0 Å². The number of carbonyl (C=O) groups excluding carboxylic acids is 1. The van der Waals surface area contributed by atoms with Gasteiger partial charge in [-0.1, -0.05) is 16.8 Å². The van der Waals surface area contributed by atoms with Gasteiger partial charge in [0.25, 0.3) is 5.91 Å². The summed E-state index contributed by atoms with van der Waals surface area (Å²) in [6, 6.07) is 0. The summed E-state index contributed by atoms with van der Waals surface area (Å²) in [5.41, 5.74) is 0.367. The number of aryl methyl sites for hydroxylation is 2. The van der Waals surface area contributed by atoms with Crippen LogP contribution in [0.25, 0.3) is 0 Å². The van der Waals surface area contributed by atoms with Crippen molar-refractivity contribution < 1.29 is 9.32 Å². The molecule has 2 aromatic rings. The Kier molecular flexibility index (Phi) is 3.21. The lowest BCUT2D eigenvalue weighted by Gasteiger charge is -2.24. The molecule has 3 heterocycles. The molecule has 2 aromatic heterocycles. The second-order valence-electron chi connectivity index (χ2n) is 6.51. The van der Waals surface area contributed by atoms with E-state index in [1.165, 1.54) is 0 Å². The molecule has 1 aliphatic heterocycles. The first-order chi connectivity index (χ1) is 11.1. The van der Waals surface area contributed by atoms with Crippen molar-refractivity contribution in [2.45, 2.75) is 45.1 Å².